The molecule has 0 aliphatic carbocycles. The maximum absolute atomic E-state index is 6.40. The number of nitrogen functional groups attached to an aromatic ring is 1. The van der Waals surface area contributed by atoms with Crippen LogP contribution < -0.4 is 5.73 Å². The van der Waals surface area contributed by atoms with E-state index in [1.807, 2.05) is 23.5 Å². The molecule has 124 valence electrons. The second kappa shape index (κ2) is 6.01. The highest BCUT2D eigenvalue weighted by Crippen LogP contribution is 2.42. The molecular formula is C24H17NS. The van der Waals surface area contributed by atoms with Crippen LogP contribution in [0.4, 0.5) is 5.69 Å². The lowest BCUT2D eigenvalue weighted by molar-refractivity contribution is 1.61. The average molecular weight is 351 g/mol. The monoisotopic (exact) mass is 351 g/mol. The van der Waals surface area contributed by atoms with Crippen molar-refractivity contribution in [1.82, 2.24) is 0 Å². The van der Waals surface area contributed by atoms with E-state index >= 15 is 0 Å². The number of thiophene rings is 1. The molecule has 0 fully saturated rings. The van der Waals surface area contributed by atoms with Crippen LogP contribution in [0.25, 0.3) is 42.4 Å². The molecule has 5 aromatic rings. The average Bonchev–Trinajstić information content (AvgIpc) is 3.07. The van der Waals surface area contributed by atoms with Crippen LogP contribution in [0.1, 0.15) is 0 Å². The Hall–Kier alpha value is -3.10. The third kappa shape index (κ3) is 2.39. The third-order valence-electron chi connectivity index (χ3n) is 4.86. The Morgan fingerprint density at radius 2 is 1.19 bits per heavy atom. The molecule has 0 unspecified atom stereocenters. The lowest BCUT2D eigenvalue weighted by Gasteiger charge is -2.09. The van der Waals surface area contributed by atoms with Crippen molar-refractivity contribution in [3.05, 3.63) is 91.0 Å². The Labute approximate surface area is 156 Å². The Morgan fingerprint density at radius 3 is 2.00 bits per heavy atom. The second-order valence-corrected chi connectivity index (χ2v) is 7.50. The van der Waals surface area contributed by atoms with Gasteiger partial charge in [-0.05, 0) is 28.8 Å². The van der Waals surface area contributed by atoms with Crippen molar-refractivity contribution in [3.63, 3.8) is 0 Å². The highest BCUT2D eigenvalue weighted by molar-refractivity contribution is 7.26. The zero-order chi connectivity index (χ0) is 17.5. The van der Waals surface area contributed by atoms with E-state index in [4.69, 9.17) is 5.73 Å². The summed E-state index contributed by atoms with van der Waals surface area (Å²) in [6, 6.07) is 31.9. The molecule has 4 aromatic carbocycles. The van der Waals surface area contributed by atoms with E-state index < -0.39 is 0 Å². The molecule has 0 radical (unpaired) electrons. The maximum atomic E-state index is 6.40. The van der Waals surface area contributed by atoms with Crippen LogP contribution in [0.15, 0.2) is 91.0 Å². The van der Waals surface area contributed by atoms with Crippen molar-refractivity contribution in [2.75, 3.05) is 5.73 Å². The van der Waals surface area contributed by atoms with Gasteiger partial charge in [0.05, 0.1) is 0 Å². The molecule has 0 bridgehead atoms. The van der Waals surface area contributed by atoms with E-state index in [1.165, 1.54) is 36.9 Å². The van der Waals surface area contributed by atoms with Gasteiger partial charge in [0.2, 0.25) is 0 Å². The molecule has 2 N–H and O–H groups in total. The van der Waals surface area contributed by atoms with Gasteiger partial charge >= 0.3 is 0 Å². The fourth-order valence-corrected chi connectivity index (χ4v) is 4.84. The van der Waals surface area contributed by atoms with Gasteiger partial charge in [0.25, 0.3) is 0 Å². The molecule has 2 heteroatoms. The SMILES string of the molecule is Nc1ccc2c(sc3ccccc32)c1-c1ccc(-c2ccccc2)cc1. The summed E-state index contributed by atoms with van der Waals surface area (Å²) in [6.45, 7) is 0. The van der Waals surface area contributed by atoms with Crippen molar-refractivity contribution < 1.29 is 0 Å². The first kappa shape index (κ1) is 15.2. The lowest BCUT2D eigenvalue weighted by atomic mass is 9.98. The Balaban J connectivity index is 1.70. The lowest BCUT2D eigenvalue weighted by Crippen LogP contribution is -1.90. The minimum Gasteiger partial charge on any atom is -0.398 e. The van der Waals surface area contributed by atoms with Gasteiger partial charge in [0.1, 0.15) is 0 Å². The quantitative estimate of drug-likeness (QED) is 0.341. The van der Waals surface area contributed by atoms with E-state index in [9.17, 15) is 0 Å². The molecule has 1 heterocycles. The first-order valence-electron chi connectivity index (χ1n) is 8.67. The number of nitrogens with two attached hydrogens (primary N) is 1. The molecule has 5 rings (SSSR count). The largest absolute Gasteiger partial charge is 0.398 e. The van der Waals surface area contributed by atoms with Crippen LogP contribution in [-0.4, -0.2) is 0 Å². The van der Waals surface area contributed by atoms with Gasteiger partial charge < -0.3 is 5.73 Å². The zero-order valence-electron chi connectivity index (χ0n) is 14.1. The first-order chi connectivity index (χ1) is 12.8. The van der Waals surface area contributed by atoms with Crippen LogP contribution in [0.2, 0.25) is 0 Å². The minimum absolute atomic E-state index is 0.830. The van der Waals surface area contributed by atoms with E-state index in [0.717, 1.165) is 11.3 Å². The van der Waals surface area contributed by atoms with E-state index in [2.05, 4.69) is 78.9 Å². The van der Waals surface area contributed by atoms with Crippen LogP contribution in [0, 0.1) is 0 Å². The minimum atomic E-state index is 0.830. The third-order valence-corrected chi connectivity index (χ3v) is 6.06. The maximum Gasteiger partial charge on any atom is 0.0454 e. The van der Waals surface area contributed by atoms with Crippen molar-refractivity contribution in [1.29, 1.82) is 0 Å². The standard InChI is InChI=1S/C24H17NS/c25-21-15-14-20-19-8-4-5-9-22(19)26-24(20)23(21)18-12-10-17(11-13-18)16-6-2-1-3-7-16/h1-15H,25H2. The Kier molecular flexibility index (Phi) is 3.51. The van der Waals surface area contributed by atoms with Gasteiger partial charge in [-0.25, -0.2) is 0 Å². The summed E-state index contributed by atoms with van der Waals surface area (Å²) in [6.07, 6.45) is 0. The zero-order valence-corrected chi connectivity index (χ0v) is 15.0. The summed E-state index contributed by atoms with van der Waals surface area (Å²) in [7, 11) is 0. The predicted molar refractivity (Wildman–Crippen MR) is 115 cm³/mol. The van der Waals surface area contributed by atoms with Gasteiger partial charge in [-0.2, -0.15) is 0 Å². The first-order valence-corrected chi connectivity index (χ1v) is 9.48. The van der Waals surface area contributed by atoms with E-state index in [-0.39, 0.29) is 0 Å². The molecule has 0 saturated carbocycles. The highest BCUT2D eigenvalue weighted by atomic mass is 32.1. The summed E-state index contributed by atoms with van der Waals surface area (Å²) >= 11 is 1.82. The van der Waals surface area contributed by atoms with Crippen LogP contribution in [0.3, 0.4) is 0 Å². The van der Waals surface area contributed by atoms with Crippen LogP contribution >= 0.6 is 11.3 Å². The Morgan fingerprint density at radius 1 is 0.538 bits per heavy atom. The molecule has 0 aliphatic heterocycles. The number of fused-ring (bicyclic) bond motifs is 3. The number of hydrogen-bond acceptors (Lipinski definition) is 2. The molecule has 0 spiro atoms. The van der Waals surface area contributed by atoms with Gasteiger partial charge in [-0.15, -0.1) is 11.3 Å². The van der Waals surface area contributed by atoms with Gasteiger partial charge in [0, 0.05) is 31.4 Å². The summed E-state index contributed by atoms with van der Waals surface area (Å²) in [5.41, 5.74) is 12.0. The second-order valence-electron chi connectivity index (χ2n) is 6.45. The van der Waals surface area contributed by atoms with Crippen LogP contribution in [0.5, 0.6) is 0 Å². The molecule has 1 nitrogen and oxygen atoms in total. The predicted octanol–water partition coefficient (Wildman–Crippen LogP) is 6.97. The van der Waals surface area contributed by atoms with Crippen molar-refractivity contribution in [3.8, 4) is 22.3 Å². The normalized spacial score (nSPS) is 11.2. The Bertz CT molecular complexity index is 1220. The summed E-state index contributed by atoms with van der Waals surface area (Å²) in [5, 5.41) is 2.58. The van der Waals surface area contributed by atoms with Crippen molar-refractivity contribution in [2.45, 2.75) is 0 Å². The van der Waals surface area contributed by atoms with Crippen molar-refractivity contribution >= 4 is 37.2 Å². The molecule has 0 amide bonds. The van der Waals surface area contributed by atoms with E-state index in [0.29, 0.717) is 0 Å². The topological polar surface area (TPSA) is 26.0 Å². The molecule has 0 atom stereocenters. The molecule has 1 aromatic heterocycles. The summed E-state index contributed by atoms with van der Waals surface area (Å²) in [5.74, 6) is 0. The molecule has 0 aliphatic rings. The van der Waals surface area contributed by atoms with Gasteiger partial charge in [0.15, 0.2) is 0 Å². The number of rotatable bonds is 2. The molecular weight excluding hydrogens is 334 g/mol. The fourth-order valence-electron chi connectivity index (χ4n) is 3.56. The summed E-state index contributed by atoms with van der Waals surface area (Å²) < 4.78 is 2.56. The number of hydrogen-bond donors (Lipinski definition) is 1. The van der Waals surface area contributed by atoms with Crippen molar-refractivity contribution in [2.24, 2.45) is 0 Å². The van der Waals surface area contributed by atoms with Gasteiger partial charge in [-0.1, -0.05) is 78.9 Å². The number of anilines is 1. The molecule has 26 heavy (non-hydrogen) atoms. The fraction of sp³-hybridized carbons (Fsp3) is 0. The summed E-state index contributed by atoms with van der Waals surface area (Å²) in [4.78, 5) is 0. The van der Waals surface area contributed by atoms with Gasteiger partial charge in [-0.3, -0.25) is 0 Å². The highest BCUT2D eigenvalue weighted by Gasteiger charge is 2.13. The van der Waals surface area contributed by atoms with Crippen LogP contribution in [-0.2, 0) is 0 Å². The van der Waals surface area contributed by atoms with E-state index in [1.54, 1.807) is 0 Å². The smallest absolute Gasteiger partial charge is 0.0454 e. The molecule has 0 saturated heterocycles. The number of benzene rings is 4.